The summed E-state index contributed by atoms with van der Waals surface area (Å²) in [5.74, 6) is 1.51. The van der Waals surface area contributed by atoms with Gasteiger partial charge in [-0.05, 0) is 44.3 Å². The molecule has 1 heterocycles. The van der Waals surface area contributed by atoms with Crippen molar-refractivity contribution in [1.29, 1.82) is 0 Å². The van der Waals surface area contributed by atoms with Crippen molar-refractivity contribution in [2.75, 3.05) is 39.9 Å². The fourth-order valence-corrected chi connectivity index (χ4v) is 2.77. The predicted octanol–water partition coefficient (Wildman–Crippen LogP) is 1.98. The van der Waals surface area contributed by atoms with E-state index >= 15 is 0 Å². The van der Waals surface area contributed by atoms with Crippen molar-refractivity contribution in [3.63, 3.8) is 0 Å². The van der Waals surface area contributed by atoms with Gasteiger partial charge in [0.15, 0.2) is 0 Å². The fraction of sp³-hybridized carbons (Fsp3) is 1.00. The molecule has 0 saturated carbocycles. The summed E-state index contributed by atoms with van der Waals surface area (Å²) in [6, 6.07) is 0.693. The van der Waals surface area contributed by atoms with Gasteiger partial charge in [-0.25, -0.2) is 0 Å². The first-order valence-electron chi connectivity index (χ1n) is 7.12. The average Bonchev–Trinajstić information content (AvgIpc) is 2.31. The van der Waals surface area contributed by atoms with Gasteiger partial charge in [0.05, 0.1) is 0 Å². The van der Waals surface area contributed by atoms with Crippen molar-refractivity contribution in [1.82, 2.24) is 10.2 Å². The number of methoxy groups -OCH3 is 1. The van der Waals surface area contributed by atoms with Crippen molar-refractivity contribution >= 4 is 0 Å². The van der Waals surface area contributed by atoms with Gasteiger partial charge in [-0.2, -0.15) is 0 Å². The van der Waals surface area contributed by atoms with E-state index in [2.05, 4.69) is 31.0 Å². The third-order valence-electron chi connectivity index (χ3n) is 3.89. The highest BCUT2D eigenvalue weighted by Gasteiger charge is 2.26. The number of rotatable bonds is 7. The van der Waals surface area contributed by atoms with Gasteiger partial charge >= 0.3 is 0 Å². The number of piperidine rings is 1. The van der Waals surface area contributed by atoms with Gasteiger partial charge in [0.2, 0.25) is 0 Å². The summed E-state index contributed by atoms with van der Waals surface area (Å²) in [6.45, 7) is 12.5. The van der Waals surface area contributed by atoms with Crippen LogP contribution < -0.4 is 5.32 Å². The molecule has 1 unspecified atom stereocenters. The minimum Gasteiger partial charge on any atom is -0.384 e. The first-order valence-corrected chi connectivity index (χ1v) is 7.12. The maximum Gasteiger partial charge on any atom is 0.0491 e. The monoisotopic (exact) mass is 242 g/mol. The van der Waals surface area contributed by atoms with Crippen LogP contribution >= 0.6 is 0 Å². The zero-order chi connectivity index (χ0) is 12.7. The van der Waals surface area contributed by atoms with Crippen molar-refractivity contribution in [2.45, 2.75) is 39.7 Å². The van der Waals surface area contributed by atoms with Gasteiger partial charge in [0.25, 0.3) is 0 Å². The van der Waals surface area contributed by atoms with Gasteiger partial charge in [0.1, 0.15) is 0 Å². The minimum absolute atomic E-state index is 0.693. The molecule has 0 aromatic rings. The Balaban J connectivity index is 2.37. The van der Waals surface area contributed by atoms with Crippen LogP contribution in [0.15, 0.2) is 0 Å². The number of ether oxygens (including phenoxy) is 1. The molecule has 1 N–H and O–H groups in total. The first-order chi connectivity index (χ1) is 8.19. The maximum atomic E-state index is 5.26. The normalized spacial score (nSPS) is 21.0. The Hall–Kier alpha value is -0.120. The number of nitrogens with one attached hydrogen (secondary N) is 1. The summed E-state index contributed by atoms with van der Waals surface area (Å²) in [6.07, 6.45) is 2.59. The van der Waals surface area contributed by atoms with Crippen LogP contribution in [0.5, 0.6) is 0 Å². The third-order valence-corrected chi connectivity index (χ3v) is 3.89. The molecule has 102 valence electrons. The lowest BCUT2D eigenvalue weighted by molar-refractivity contribution is 0.0663. The third kappa shape index (κ3) is 4.94. The van der Waals surface area contributed by atoms with E-state index in [1.807, 2.05) is 7.11 Å². The molecule has 1 saturated heterocycles. The van der Waals surface area contributed by atoms with Crippen LogP contribution in [0.3, 0.4) is 0 Å². The van der Waals surface area contributed by atoms with Crippen LogP contribution in [-0.4, -0.2) is 50.8 Å². The molecule has 0 aliphatic carbocycles. The van der Waals surface area contributed by atoms with E-state index in [4.69, 9.17) is 4.74 Å². The van der Waals surface area contributed by atoms with E-state index in [1.165, 1.54) is 25.9 Å². The molecule has 0 radical (unpaired) electrons. The van der Waals surface area contributed by atoms with Crippen LogP contribution in [0.25, 0.3) is 0 Å². The Morgan fingerprint density at radius 1 is 1.29 bits per heavy atom. The smallest absolute Gasteiger partial charge is 0.0491 e. The molecule has 1 rings (SSSR count). The van der Waals surface area contributed by atoms with E-state index in [0.717, 1.165) is 31.5 Å². The van der Waals surface area contributed by atoms with E-state index in [9.17, 15) is 0 Å². The molecule has 0 bridgehead atoms. The van der Waals surface area contributed by atoms with Crippen molar-refractivity contribution in [3.8, 4) is 0 Å². The lowest BCUT2D eigenvalue weighted by Gasteiger charge is -2.39. The topological polar surface area (TPSA) is 24.5 Å². The van der Waals surface area contributed by atoms with Gasteiger partial charge in [-0.3, -0.25) is 4.90 Å². The van der Waals surface area contributed by atoms with Gasteiger partial charge < -0.3 is 10.1 Å². The quantitative estimate of drug-likeness (QED) is 0.739. The number of nitrogens with zero attached hydrogens (tertiary/aromatic N) is 1. The second-order valence-corrected chi connectivity index (χ2v) is 5.55. The number of likely N-dealkylation sites (tertiary alicyclic amines) is 1. The summed E-state index contributed by atoms with van der Waals surface area (Å²) in [7, 11) is 1.81. The van der Waals surface area contributed by atoms with Crippen LogP contribution in [0, 0.1) is 11.8 Å². The van der Waals surface area contributed by atoms with Gasteiger partial charge in [-0.1, -0.05) is 20.8 Å². The molecule has 1 aliphatic rings. The molecule has 1 aliphatic heterocycles. The standard InChI is InChI=1S/C14H30N2O/c1-5-15-10-14(12(2)3)16-8-6-13(7-9-16)11-17-4/h12-15H,5-11H2,1-4H3. The summed E-state index contributed by atoms with van der Waals surface area (Å²) in [5.41, 5.74) is 0. The number of hydrogen-bond acceptors (Lipinski definition) is 3. The molecular weight excluding hydrogens is 212 g/mol. The maximum absolute atomic E-state index is 5.26. The number of hydrogen-bond donors (Lipinski definition) is 1. The Labute approximate surface area is 107 Å². The molecule has 3 heteroatoms. The molecule has 3 nitrogen and oxygen atoms in total. The van der Waals surface area contributed by atoms with E-state index in [1.54, 1.807) is 0 Å². The largest absolute Gasteiger partial charge is 0.384 e. The van der Waals surface area contributed by atoms with Crippen molar-refractivity contribution in [3.05, 3.63) is 0 Å². The van der Waals surface area contributed by atoms with Gasteiger partial charge in [0, 0.05) is 26.3 Å². The zero-order valence-electron chi connectivity index (χ0n) is 12.0. The average molecular weight is 242 g/mol. The summed E-state index contributed by atoms with van der Waals surface area (Å²) in [4.78, 5) is 2.67. The predicted molar refractivity (Wildman–Crippen MR) is 73.3 cm³/mol. The Morgan fingerprint density at radius 3 is 2.41 bits per heavy atom. The van der Waals surface area contributed by atoms with Crippen LogP contribution in [0.2, 0.25) is 0 Å². The highest BCUT2D eigenvalue weighted by Crippen LogP contribution is 2.21. The first kappa shape index (κ1) is 14.9. The fourth-order valence-electron chi connectivity index (χ4n) is 2.77. The Morgan fingerprint density at radius 2 is 1.94 bits per heavy atom. The molecule has 1 fully saturated rings. The molecule has 17 heavy (non-hydrogen) atoms. The van der Waals surface area contributed by atoms with Crippen LogP contribution in [0.1, 0.15) is 33.6 Å². The SMILES string of the molecule is CCNCC(C(C)C)N1CCC(COC)CC1. The van der Waals surface area contributed by atoms with Crippen molar-refractivity contribution in [2.24, 2.45) is 11.8 Å². The lowest BCUT2D eigenvalue weighted by atomic mass is 9.93. The molecule has 0 spiro atoms. The Kier molecular flexibility index (Phi) is 7.09. The highest BCUT2D eigenvalue weighted by molar-refractivity contribution is 4.81. The second-order valence-electron chi connectivity index (χ2n) is 5.55. The summed E-state index contributed by atoms with van der Waals surface area (Å²) >= 11 is 0. The van der Waals surface area contributed by atoms with E-state index < -0.39 is 0 Å². The summed E-state index contributed by atoms with van der Waals surface area (Å²) < 4.78 is 5.26. The Bertz CT molecular complexity index is 189. The van der Waals surface area contributed by atoms with Crippen molar-refractivity contribution < 1.29 is 4.74 Å². The molecule has 0 amide bonds. The van der Waals surface area contributed by atoms with E-state index in [0.29, 0.717) is 6.04 Å². The minimum atomic E-state index is 0.693. The van der Waals surface area contributed by atoms with Crippen LogP contribution in [-0.2, 0) is 4.74 Å². The van der Waals surface area contributed by atoms with Crippen LogP contribution in [0.4, 0.5) is 0 Å². The lowest BCUT2D eigenvalue weighted by Crippen LogP contribution is -2.49. The zero-order valence-corrected chi connectivity index (χ0v) is 12.0. The molecule has 0 aromatic heterocycles. The molecule has 0 aromatic carbocycles. The number of likely N-dealkylation sites (N-methyl/N-ethyl adjacent to an activating group) is 1. The van der Waals surface area contributed by atoms with E-state index in [-0.39, 0.29) is 0 Å². The van der Waals surface area contributed by atoms with Gasteiger partial charge in [-0.15, -0.1) is 0 Å². The highest BCUT2D eigenvalue weighted by atomic mass is 16.5. The molecular formula is C14H30N2O. The second kappa shape index (κ2) is 8.06. The molecule has 1 atom stereocenters. The summed E-state index contributed by atoms with van der Waals surface area (Å²) in [5, 5.41) is 3.50.